The van der Waals surface area contributed by atoms with Crippen molar-refractivity contribution >= 4 is 10.9 Å². The normalized spacial score (nSPS) is 13.4. The Bertz CT molecular complexity index is 443. The van der Waals surface area contributed by atoms with Gasteiger partial charge in [0, 0.05) is 11.4 Å². The van der Waals surface area contributed by atoms with Crippen LogP contribution in [-0.4, -0.2) is 15.8 Å². The molecule has 74 valence electrons. The first-order valence-electron chi connectivity index (χ1n) is 4.84. The van der Waals surface area contributed by atoms with Crippen molar-refractivity contribution in [3.8, 4) is 0 Å². The number of aromatic nitrogens is 2. The molecule has 0 spiro atoms. The topological polar surface area (TPSA) is 43.8 Å². The molecule has 2 aromatic rings. The van der Waals surface area contributed by atoms with Crippen molar-refractivity contribution in [3.63, 3.8) is 0 Å². The van der Waals surface area contributed by atoms with E-state index >= 15 is 0 Å². The number of nitrogens with two attached hydrogens (primary N) is 1. The Morgan fingerprint density at radius 1 is 1.50 bits per heavy atom. The lowest BCUT2D eigenvalue weighted by molar-refractivity contribution is 0.553. The number of hydrogen-bond acceptors (Lipinski definition) is 2. The van der Waals surface area contributed by atoms with E-state index in [1.165, 1.54) is 16.5 Å². The van der Waals surface area contributed by atoms with Crippen LogP contribution in [0.3, 0.4) is 0 Å². The molecule has 0 saturated carbocycles. The minimum Gasteiger partial charge on any atom is -0.326 e. The second-order valence-electron chi connectivity index (χ2n) is 3.87. The van der Waals surface area contributed by atoms with Crippen LogP contribution in [0.4, 0.5) is 0 Å². The highest BCUT2D eigenvalue weighted by Gasteiger charge is 2.03. The van der Waals surface area contributed by atoms with Crippen molar-refractivity contribution in [2.45, 2.75) is 26.4 Å². The molecule has 0 aliphatic carbocycles. The van der Waals surface area contributed by atoms with E-state index < -0.39 is 0 Å². The zero-order chi connectivity index (χ0) is 10.1. The molecule has 2 N–H and O–H groups in total. The number of fused-ring (bicyclic) bond motifs is 1. The van der Waals surface area contributed by atoms with E-state index in [-0.39, 0.29) is 6.04 Å². The molecule has 1 aromatic heterocycles. The van der Waals surface area contributed by atoms with E-state index in [9.17, 15) is 0 Å². The molecule has 3 heteroatoms. The summed E-state index contributed by atoms with van der Waals surface area (Å²) in [5.41, 5.74) is 8.17. The van der Waals surface area contributed by atoms with E-state index in [1.54, 1.807) is 0 Å². The Hall–Kier alpha value is -1.35. The second-order valence-corrected chi connectivity index (χ2v) is 3.87. The van der Waals surface area contributed by atoms with E-state index in [0.29, 0.717) is 0 Å². The molecule has 0 aliphatic heterocycles. The van der Waals surface area contributed by atoms with Gasteiger partial charge in [0.25, 0.3) is 0 Å². The first-order chi connectivity index (χ1) is 6.66. The third-order valence-corrected chi connectivity index (χ3v) is 2.26. The third kappa shape index (κ3) is 1.63. The summed E-state index contributed by atoms with van der Waals surface area (Å²) < 4.78 is 1.97. The highest BCUT2D eigenvalue weighted by molar-refractivity contribution is 5.79. The van der Waals surface area contributed by atoms with Crippen molar-refractivity contribution in [2.75, 3.05) is 0 Å². The maximum Gasteiger partial charge on any atom is 0.0685 e. The first-order valence-corrected chi connectivity index (χ1v) is 4.84. The van der Waals surface area contributed by atoms with E-state index in [4.69, 9.17) is 5.73 Å². The van der Waals surface area contributed by atoms with Crippen molar-refractivity contribution in [1.29, 1.82) is 0 Å². The number of nitrogens with zero attached hydrogens (tertiary/aromatic N) is 2. The van der Waals surface area contributed by atoms with Crippen LogP contribution in [0.1, 0.15) is 12.5 Å². The Balaban J connectivity index is 2.50. The molecule has 0 aliphatic rings. The van der Waals surface area contributed by atoms with Crippen LogP contribution in [0.2, 0.25) is 0 Å². The summed E-state index contributed by atoms with van der Waals surface area (Å²) in [6.45, 7) is 4.85. The average Bonchev–Trinajstić information content (AvgIpc) is 2.47. The van der Waals surface area contributed by atoms with Crippen LogP contribution in [-0.2, 0) is 6.54 Å². The molecule has 0 radical (unpaired) electrons. The molecule has 0 amide bonds. The molecule has 1 aromatic carbocycles. The Morgan fingerprint density at radius 3 is 3.00 bits per heavy atom. The zero-order valence-electron chi connectivity index (χ0n) is 8.57. The van der Waals surface area contributed by atoms with Gasteiger partial charge in [0.1, 0.15) is 0 Å². The number of hydrogen-bond donors (Lipinski definition) is 1. The largest absolute Gasteiger partial charge is 0.326 e. The van der Waals surface area contributed by atoms with Crippen LogP contribution >= 0.6 is 0 Å². The molecular formula is C11H15N3. The molecule has 1 atom stereocenters. The molecule has 1 heterocycles. The minimum absolute atomic E-state index is 0.138. The highest BCUT2D eigenvalue weighted by Crippen LogP contribution is 2.15. The van der Waals surface area contributed by atoms with Crippen LogP contribution in [0, 0.1) is 6.92 Å². The maximum absolute atomic E-state index is 5.75. The molecule has 2 rings (SSSR count). The fourth-order valence-corrected chi connectivity index (χ4v) is 1.60. The second kappa shape index (κ2) is 3.42. The SMILES string of the molecule is Cc1ccc2cnn(C[C@H](C)N)c2c1. The summed E-state index contributed by atoms with van der Waals surface area (Å²) in [6, 6.07) is 6.47. The quantitative estimate of drug-likeness (QED) is 0.781. The fourth-order valence-electron chi connectivity index (χ4n) is 1.60. The highest BCUT2D eigenvalue weighted by atomic mass is 15.3. The minimum atomic E-state index is 0.138. The monoisotopic (exact) mass is 189 g/mol. The summed E-state index contributed by atoms with van der Waals surface area (Å²) in [5, 5.41) is 5.49. The lowest BCUT2D eigenvalue weighted by atomic mass is 10.2. The first kappa shape index (κ1) is 9.21. The number of rotatable bonds is 2. The van der Waals surface area contributed by atoms with Gasteiger partial charge in [-0.05, 0) is 25.5 Å². The van der Waals surface area contributed by atoms with Crippen LogP contribution in [0.25, 0.3) is 10.9 Å². The van der Waals surface area contributed by atoms with E-state index in [0.717, 1.165) is 6.54 Å². The van der Waals surface area contributed by atoms with Gasteiger partial charge in [0.15, 0.2) is 0 Å². The van der Waals surface area contributed by atoms with Gasteiger partial charge in [0.2, 0.25) is 0 Å². The van der Waals surface area contributed by atoms with Gasteiger partial charge in [-0.15, -0.1) is 0 Å². The van der Waals surface area contributed by atoms with Crippen molar-refractivity contribution in [3.05, 3.63) is 30.0 Å². The Kier molecular flexibility index (Phi) is 2.25. The van der Waals surface area contributed by atoms with E-state index in [1.807, 2.05) is 17.8 Å². The smallest absolute Gasteiger partial charge is 0.0685 e. The average molecular weight is 189 g/mol. The van der Waals surface area contributed by atoms with Gasteiger partial charge in [-0.25, -0.2) is 0 Å². The molecule has 0 saturated heterocycles. The Labute approximate surface area is 83.5 Å². The van der Waals surface area contributed by atoms with Gasteiger partial charge in [0.05, 0.1) is 18.3 Å². The molecule has 0 bridgehead atoms. The molecule has 0 unspecified atom stereocenters. The standard InChI is InChI=1S/C11H15N3/c1-8-3-4-10-6-13-14(7-9(2)12)11(10)5-8/h3-6,9H,7,12H2,1-2H3/t9-/m0/s1. The summed E-state index contributed by atoms with van der Waals surface area (Å²) in [6.07, 6.45) is 1.89. The lowest BCUT2D eigenvalue weighted by Crippen LogP contribution is -2.22. The predicted octanol–water partition coefficient (Wildman–Crippen LogP) is 1.69. The lowest BCUT2D eigenvalue weighted by Gasteiger charge is -2.06. The fraction of sp³-hybridized carbons (Fsp3) is 0.364. The molecular weight excluding hydrogens is 174 g/mol. The summed E-state index contributed by atoms with van der Waals surface area (Å²) in [4.78, 5) is 0. The van der Waals surface area contributed by atoms with Crippen LogP contribution in [0.5, 0.6) is 0 Å². The summed E-state index contributed by atoms with van der Waals surface area (Å²) >= 11 is 0. The zero-order valence-corrected chi connectivity index (χ0v) is 8.57. The number of benzene rings is 1. The Morgan fingerprint density at radius 2 is 2.29 bits per heavy atom. The summed E-state index contributed by atoms with van der Waals surface area (Å²) in [5.74, 6) is 0. The van der Waals surface area contributed by atoms with Crippen molar-refractivity contribution < 1.29 is 0 Å². The maximum atomic E-state index is 5.75. The third-order valence-electron chi connectivity index (χ3n) is 2.26. The van der Waals surface area contributed by atoms with Crippen molar-refractivity contribution in [2.24, 2.45) is 5.73 Å². The van der Waals surface area contributed by atoms with Gasteiger partial charge >= 0.3 is 0 Å². The van der Waals surface area contributed by atoms with Gasteiger partial charge < -0.3 is 5.73 Å². The van der Waals surface area contributed by atoms with Gasteiger partial charge in [-0.1, -0.05) is 12.1 Å². The van der Waals surface area contributed by atoms with Crippen LogP contribution < -0.4 is 5.73 Å². The molecule has 0 fully saturated rings. The van der Waals surface area contributed by atoms with Crippen LogP contribution in [0.15, 0.2) is 24.4 Å². The van der Waals surface area contributed by atoms with Gasteiger partial charge in [-0.3, -0.25) is 4.68 Å². The number of aryl methyl sites for hydroxylation is 1. The molecule has 3 nitrogen and oxygen atoms in total. The summed E-state index contributed by atoms with van der Waals surface area (Å²) in [7, 11) is 0. The van der Waals surface area contributed by atoms with Gasteiger partial charge in [-0.2, -0.15) is 5.10 Å². The van der Waals surface area contributed by atoms with Crippen molar-refractivity contribution in [1.82, 2.24) is 9.78 Å². The predicted molar refractivity (Wildman–Crippen MR) is 58.1 cm³/mol. The molecule has 14 heavy (non-hydrogen) atoms. The van der Waals surface area contributed by atoms with E-state index in [2.05, 4.69) is 30.2 Å².